The maximum Gasteiger partial charge on any atom is 0.233 e. The Morgan fingerprint density at radius 3 is 2.58 bits per heavy atom. The van der Waals surface area contributed by atoms with Crippen LogP contribution in [-0.2, 0) is 14.8 Å². The van der Waals surface area contributed by atoms with E-state index in [1.54, 1.807) is 12.1 Å². The second-order valence-corrected chi connectivity index (χ2v) is 5.51. The molecular weight excluding hydrogens is 264 g/mol. The summed E-state index contributed by atoms with van der Waals surface area (Å²) < 4.78 is 25.6. The molecule has 1 aromatic rings. The topological polar surface area (TPSA) is 75.3 Å². The van der Waals surface area contributed by atoms with E-state index < -0.39 is 10.0 Å². The molecule has 6 heteroatoms. The minimum Gasteiger partial charge on any atom is -0.356 e. The Morgan fingerprint density at radius 1 is 1.26 bits per heavy atom. The molecule has 0 aliphatic heterocycles. The van der Waals surface area contributed by atoms with Crippen LogP contribution in [0.5, 0.6) is 0 Å². The largest absolute Gasteiger partial charge is 0.356 e. The molecule has 0 aromatic heterocycles. The second-order valence-electron chi connectivity index (χ2n) is 3.86. The standard InChI is InChI=1S/C13H18N2O3S/c1-2-14-13(16)8-10-15-19(17,18)11-9-12-6-4-3-5-7-12/h3-7,9,11,15H,2,8,10H2,1H3,(H,14,16)/b11-9+. The van der Waals surface area contributed by atoms with Crippen LogP contribution in [-0.4, -0.2) is 27.4 Å². The SMILES string of the molecule is CCNC(=O)CCNS(=O)(=O)/C=C/c1ccccc1. The van der Waals surface area contributed by atoms with Gasteiger partial charge in [-0.05, 0) is 18.6 Å². The third-order valence-electron chi connectivity index (χ3n) is 2.27. The average molecular weight is 282 g/mol. The molecule has 5 nitrogen and oxygen atoms in total. The summed E-state index contributed by atoms with van der Waals surface area (Å²) in [5.74, 6) is -0.169. The first-order chi connectivity index (χ1) is 9.03. The summed E-state index contributed by atoms with van der Waals surface area (Å²) in [6.45, 7) is 2.44. The monoisotopic (exact) mass is 282 g/mol. The van der Waals surface area contributed by atoms with Crippen LogP contribution >= 0.6 is 0 Å². The van der Waals surface area contributed by atoms with Crippen molar-refractivity contribution in [1.29, 1.82) is 0 Å². The summed E-state index contributed by atoms with van der Waals surface area (Å²) in [5.41, 5.74) is 0.802. The van der Waals surface area contributed by atoms with Gasteiger partial charge >= 0.3 is 0 Å². The average Bonchev–Trinajstić information content (AvgIpc) is 2.38. The molecule has 1 rings (SSSR count). The zero-order valence-electron chi connectivity index (χ0n) is 10.8. The van der Waals surface area contributed by atoms with E-state index in [0.29, 0.717) is 6.54 Å². The Labute approximate surface area is 113 Å². The summed E-state index contributed by atoms with van der Waals surface area (Å²) in [6, 6.07) is 9.13. The molecule has 0 aliphatic rings. The molecule has 0 spiro atoms. The van der Waals surface area contributed by atoms with Crippen LogP contribution < -0.4 is 10.0 Å². The van der Waals surface area contributed by atoms with Gasteiger partial charge < -0.3 is 5.32 Å². The summed E-state index contributed by atoms with van der Waals surface area (Å²) in [7, 11) is -3.50. The van der Waals surface area contributed by atoms with Crippen molar-refractivity contribution < 1.29 is 13.2 Å². The van der Waals surface area contributed by atoms with Crippen molar-refractivity contribution >= 4 is 22.0 Å². The van der Waals surface area contributed by atoms with Gasteiger partial charge in [-0.25, -0.2) is 13.1 Å². The van der Waals surface area contributed by atoms with Crippen molar-refractivity contribution in [2.24, 2.45) is 0 Å². The van der Waals surface area contributed by atoms with Gasteiger partial charge in [0, 0.05) is 24.9 Å². The molecule has 0 saturated heterocycles. The van der Waals surface area contributed by atoms with Gasteiger partial charge in [0.2, 0.25) is 15.9 Å². The number of nitrogens with one attached hydrogen (secondary N) is 2. The number of rotatable bonds is 7. The fourth-order valence-corrected chi connectivity index (χ4v) is 2.19. The summed E-state index contributed by atoms with van der Waals surface area (Å²) in [5, 5.41) is 3.70. The Hall–Kier alpha value is -1.66. The Bertz CT molecular complexity index is 524. The van der Waals surface area contributed by atoms with Gasteiger partial charge in [0.25, 0.3) is 0 Å². The molecule has 0 heterocycles. The molecule has 0 fully saturated rings. The smallest absolute Gasteiger partial charge is 0.233 e. The summed E-state index contributed by atoms with van der Waals surface area (Å²) in [4.78, 5) is 11.1. The zero-order chi connectivity index (χ0) is 14.1. The minimum absolute atomic E-state index is 0.0906. The maximum atomic E-state index is 11.6. The highest BCUT2D eigenvalue weighted by Gasteiger charge is 2.06. The van der Waals surface area contributed by atoms with Gasteiger partial charge in [-0.2, -0.15) is 0 Å². The van der Waals surface area contributed by atoms with E-state index in [-0.39, 0.29) is 18.9 Å². The third-order valence-corrected chi connectivity index (χ3v) is 3.37. The molecule has 1 amide bonds. The maximum absolute atomic E-state index is 11.6. The Morgan fingerprint density at radius 2 is 1.95 bits per heavy atom. The van der Waals surface area contributed by atoms with E-state index in [4.69, 9.17) is 0 Å². The number of carbonyl (C=O) groups excluding carboxylic acids is 1. The van der Waals surface area contributed by atoms with Crippen molar-refractivity contribution in [2.75, 3.05) is 13.1 Å². The number of amides is 1. The van der Waals surface area contributed by atoms with Crippen LogP contribution in [0.4, 0.5) is 0 Å². The highest BCUT2D eigenvalue weighted by Crippen LogP contribution is 2.02. The van der Waals surface area contributed by atoms with Gasteiger partial charge in [0.1, 0.15) is 0 Å². The molecule has 0 bridgehead atoms. The second kappa shape index (κ2) is 7.70. The number of carbonyl (C=O) groups is 1. The predicted molar refractivity (Wildman–Crippen MR) is 75.7 cm³/mol. The van der Waals surface area contributed by atoms with Crippen molar-refractivity contribution in [3.8, 4) is 0 Å². The first-order valence-electron chi connectivity index (χ1n) is 6.03. The van der Waals surface area contributed by atoms with Crippen LogP contribution in [0.15, 0.2) is 35.7 Å². The van der Waals surface area contributed by atoms with Crippen molar-refractivity contribution in [3.63, 3.8) is 0 Å². The summed E-state index contributed by atoms with van der Waals surface area (Å²) in [6.07, 6.45) is 1.64. The van der Waals surface area contributed by atoms with E-state index in [1.807, 2.05) is 25.1 Å². The molecule has 0 saturated carbocycles. The molecule has 104 valence electrons. The predicted octanol–water partition coefficient (Wildman–Crippen LogP) is 1.10. The number of sulfonamides is 1. The quantitative estimate of drug-likeness (QED) is 0.786. The molecule has 0 unspecified atom stereocenters. The van der Waals surface area contributed by atoms with Gasteiger partial charge in [-0.3, -0.25) is 4.79 Å². The number of hydrogen-bond acceptors (Lipinski definition) is 3. The highest BCUT2D eigenvalue weighted by molar-refractivity contribution is 7.92. The molecular formula is C13H18N2O3S. The van der Waals surface area contributed by atoms with Crippen molar-refractivity contribution in [1.82, 2.24) is 10.0 Å². The lowest BCUT2D eigenvalue weighted by Crippen LogP contribution is -2.29. The van der Waals surface area contributed by atoms with Crippen LogP contribution in [0.3, 0.4) is 0 Å². The van der Waals surface area contributed by atoms with Gasteiger partial charge in [0.15, 0.2) is 0 Å². The lowest BCUT2D eigenvalue weighted by molar-refractivity contribution is -0.120. The van der Waals surface area contributed by atoms with Crippen molar-refractivity contribution in [3.05, 3.63) is 41.3 Å². The van der Waals surface area contributed by atoms with E-state index in [1.165, 1.54) is 6.08 Å². The zero-order valence-corrected chi connectivity index (χ0v) is 11.6. The normalized spacial score (nSPS) is 11.6. The Kier molecular flexibility index (Phi) is 6.24. The molecule has 2 N–H and O–H groups in total. The first-order valence-corrected chi connectivity index (χ1v) is 7.57. The number of hydrogen-bond donors (Lipinski definition) is 2. The van der Waals surface area contributed by atoms with Crippen LogP contribution in [0.25, 0.3) is 6.08 Å². The minimum atomic E-state index is -3.50. The van der Waals surface area contributed by atoms with E-state index >= 15 is 0 Å². The van der Waals surface area contributed by atoms with E-state index in [0.717, 1.165) is 11.0 Å². The molecule has 0 aliphatic carbocycles. The number of benzene rings is 1. The van der Waals surface area contributed by atoms with Crippen molar-refractivity contribution in [2.45, 2.75) is 13.3 Å². The van der Waals surface area contributed by atoms with Gasteiger partial charge in [-0.1, -0.05) is 30.3 Å². The van der Waals surface area contributed by atoms with Crippen LogP contribution in [0, 0.1) is 0 Å². The summed E-state index contributed by atoms with van der Waals surface area (Å²) >= 11 is 0. The first kappa shape index (κ1) is 15.4. The van der Waals surface area contributed by atoms with Gasteiger partial charge in [0.05, 0.1) is 0 Å². The van der Waals surface area contributed by atoms with Crippen LogP contribution in [0.1, 0.15) is 18.9 Å². The fourth-order valence-electron chi connectivity index (χ4n) is 1.37. The van der Waals surface area contributed by atoms with Crippen LogP contribution in [0.2, 0.25) is 0 Å². The molecule has 1 aromatic carbocycles. The van der Waals surface area contributed by atoms with E-state index in [2.05, 4.69) is 10.0 Å². The molecule has 0 atom stereocenters. The lowest BCUT2D eigenvalue weighted by atomic mass is 10.2. The highest BCUT2D eigenvalue weighted by atomic mass is 32.2. The van der Waals surface area contributed by atoms with E-state index in [9.17, 15) is 13.2 Å². The molecule has 19 heavy (non-hydrogen) atoms. The molecule has 0 radical (unpaired) electrons. The Balaban J connectivity index is 2.44. The fraction of sp³-hybridized carbons (Fsp3) is 0.308. The van der Waals surface area contributed by atoms with Gasteiger partial charge in [-0.15, -0.1) is 0 Å². The lowest BCUT2D eigenvalue weighted by Gasteiger charge is -2.03. The third kappa shape index (κ3) is 6.73.